The molecule has 0 aromatic carbocycles. The summed E-state index contributed by atoms with van der Waals surface area (Å²) >= 11 is 0. The minimum atomic E-state index is -0.691. The van der Waals surface area contributed by atoms with E-state index in [1.165, 1.54) is 0 Å². The summed E-state index contributed by atoms with van der Waals surface area (Å²) in [5.74, 6) is -1.10. The van der Waals surface area contributed by atoms with Gasteiger partial charge in [0.2, 0.25) is 18.1 Å². The number of carbonyl (C=O) groups excluding carboxylic acids is 2. The van der Waals surface area contributed by atoms with Gasteiger partial charge in [0.05, 0.1) is 12.5 Å². The summed E-state index contributed by atoms with van der Waals surface area (Å²) in [5, 5.41) is 12.9. The van der Waals surface area contributed by atoms with Crippen molar-refractivity contribution < 1.29 is 19.2 Å². The summed E-state index contributed by atoms with van der Waals surface area (Å²) in [5.41, 5.74) is 4.97. The highest BCUT2D eigenvalue weighted by Gasteiger charge is 2.27. The summed E-state index contributed by atoms with van der Waals surface area (Å²) in [6, 6.07) is 0. The lowest BCUT2D eigenvalue weighted by molar-refractivity contribution is -0.154. The van der Waals surface area contributed by atoms with Crippen LogP contribution in [0, 0.1) is 24.6 Å². The molecule has 1 fully saturated rings. The first kappa shape index (κ1) is 21.8. The molecule has 1 atom stereocenters. The number of rotatable bonds is 11. The molecule has 9 nitrogen and oxygen atoms in total. The van der Waals surface area contributed by atoms with Crippen LogP contribution in [0.3, 0.4) is 0 Å². The molecule has 0 aliphatic heterocycles. The molecular formula is C18H29FN6O3. The molecule has 1 aromatic heterocycles. The van der Waals surface area contributed by atoms with Crippen molar-refractivity contribution >= 4 is 24.0 Å². The predicted octanol–water partition coefficient (Wildman–Crippen LogP) is 2.23. The maximum atomic E-state index is 14.5. The summed E-state index contributed by atoms with van der Waals surface area (Å²) in [7, 11) is 0. The number of hydroxylamine groups is 2. The average molecular weight is 396 g/mol. The number of halogens is 1. The normalized spacial score (nSPS) is 15.1. The zero-order valence-corrected chi connectivity index (χ0v) is 16.4. The Morgan fingerprint density at radius 1 is 1.36 bits per heavy atom. The van der Waals surface area contributed by atoms with Gasteiger partial charge in [-0.1, -0.05) is 32.6 Å². The van der Waals surface area contributed by atoms with Crippen LogP contribution in [-0.2, 0) is 9.59 Å². The van der Waals surface area contributed by atoms with E-state index in [1.807, 2.05) is 6.92 Å². The zero-order chi connectivity index (χ0) is 20.5. The van der Waals surface area contributed by atoms with Crippen LogP contribution in [0.4, 0.5) is 16.0 Å². The number of anilines is 2. The largest absolute Gasteiger partial charge is 0.367 e. The Labute approximate surface area is 164 Å². The SMILES string of the molecule is CCCNc1nc(C)nc(NNC(=O)[C@@H](CC2CCCC2)CN(O)C=O)c1F. The van der Waals surface area contributed by atoms with Crippen LogP contribution >= 0.6 is 0 Å². The number of aryl methyl sites for hydroxylation is 1. The molecule has 1 aromatic rings. The van der Waals surface area contributed by atoms with Crippen LogP contribution in [0.2, 0.25) is 0 Å². The fourth-order valence-electron chi connectivity index (χ4n) is 3.41. The van der Waals surface area contributed by atoms with Gasteiger partial charge in [-0.15, -0.1) is 0 Å². The number of hydrogen-bond acceptors (Lipinski definition) is 7. The third kappa shape index (κ3) is 6.29. The Morgan fingerprint density at radius 3 is 2.68 bits per heavy atom. The quantitative estimate of drug-likeness (QED) is 0.257. The van der Waals surface area contributed by atoms with Crippen LogP contribution in [0.5, 0.6) is 0 Å². The fraction of sp³-hybridized carbons (Fsp3) is 0.667. The maximum Gasteiger partial charge on any atom is 0.243 e. The monoisotopic (exact) mass is 396 g/mol. The van der Waals surface area contributed by atoms with Crippen LogP contribution in [-0.4, -0.2) is 45.6 Å². The zero-order valence-electron chi connectivity index (χ0n) is 16.4. The predicted molar refractivity (Wildman–Crippen MR) is 102 cm³/mol. The number of carbonyl (C=O) groups is 2. The highest BCUT2D eigenvalue weighted by Crippen LogP contribution is 2.30. The first-order valence-electron chi connectivity index (χ1n) is 9.69. The van der Waals surface area contributed by atoms with E-state index < -0.39 is 17.6 Å². The minimum Gasteiger partial charge on any atom is -0.367 e. The van der Waals surface area contributed by atoms with Crippen LogP contribution in [0.25, 0.3) is 0 Å². The molecule has 156 valence electrons. The van der Waals surface area contributed by atoms with E-state index in [0.717, 1.165) is 32.1 Å². The number of nitrogens with one attached hydrogen (secondary N) is 3. The van der Waals surface area contributed by atoms with Crippen molar-refractivity contribution in [1.82, 2.24) is 20.5 Å². The Morgan fingerprint density at radius 2 is 2.04 bits per heavy atom. The number of amides is 2. The summed E-state index contributed by atoms with van der Waals surface area (Å²) in [6.45, 7) is 4.01. The first-order chi connectivity index (χ1) is 13.4. The molecule has 1 aliphatic carbocycles. The second-order valence-electron chi connectivity index (χ2n) is 7.13. The molecule has 10 heteroatoms. The Balaban J connectivity index is 2.04. The van der Waals surface area contributed by atoms with E-state index in [9.17, 15) is 19.2 Å². The van der Waals surface area contributed by atoms with E-state index in [1.54, 1.807) is 6.92 Å². The van der Waals surface area contributed by atoms with Gasteiger partial charge >= 0.3 is 0 Å². The summed E-state index contributed by atoms with van der Waals surface area (Å²) in [4.78, 5) is 31.3. The molecule has 1 aliphatic rings. The lowest BCUT2D eigenvalue weighted by atomic mass is 9.92. The van der Waals surface area contributed by atoms with Crippen molar-refractivity contribution in [3.8, 4) is 0 Å². The third-order valence-corrected chi connectivity index (χ3v) is 4.80. The Kier molecular flexibility index (Phi) is 8.37. The van der Waals surface area contributed by atoms with Crippen molar-refractivity contribution in [1.29, 1.82) is 0 Å². The number of hydrogen-bond donors (Lipinski definition) is 4. The van der Waals surface area contributed by atoms with E-state index in [4.69, 9.17) is 0 Å². The minimum absolute atomic E-state index is 0.0658. The van der Waals surface area contributed by atoms with Gasteiger partial charge in [-0.2, -0.15) is 4.39 Å². The molecule has 28 heavy (non-hydrogen) atoms. The molecule has 0 spiro atoms. The lowest BCUT2D eigenvalue weighted by Gasteiger charge is -2.22. The molecule has 0 saturated heterocycles. The molecule has 0 bridgehead atoms. The van der Waals surface area contributed by atoms with Crippen molar-refractivity contribution in [3.63, 3.8) is 0 Å². The number of hydrazine groups is 1. The molecule has 1 saturated carbocycles. The Bertz CT molecular complexity index is 669. The highest BCUT2D eigenvalue weighted by atomic mass is 19.1. The van der Waals surface area contributed by atoms with Gasteiger partial charge in [0.15, 0.2) is 11.6 Å². The van der Waals surface area contributed by atoms with Crippen molar-refractivity contribution in [2.24, 2.45) is 11.8 Å². The van der Waals surface area contributed by atoms with E-state index in [2.05, 4.69) is 26.1 Å². The summed E-state index contributed by atoms with van der Waals surface area (Å²) in [6.07, 6.45) is 5.90. The molecule has 2 amide bonds. The van der Waals surface area contributed by atoms with E-state index in [0.29, 0.717) is 29.8 Å². The van der Waals surface area contributed by atoms with Crippen LogP contribution < -0.4 is 16.2 Å². The topological polar surface area (TPSA) is 119 Å². The average Bonchev–Trinajstić information content (AvgIpc) is 3.19. The lowest BCUT2D eigenvalue weighted by Crippen LogP contribution is -2.41. The van der Waals surface area contributed by atoms with Crippen molar-refractivity contribution in [2.45, 2.75) is 52.4 Å². The van der Waals surface area contributed by atoms with Gasteiger partial charge in [0.1, 0.15) is 5.82 Å². The standard InChI is InChI=1S/C18H29FN6O3/c1-3-8-20-16-15(19)17(22-12(2)21-16)23-24-18(27)14(10-25(28)11-26)9-13-6-4-5-7-13/h11,13-14,28H,3-10H2,1-2H3,(H,24,27)(H2,20,21,22,23)/t14-/m0/s1. The molecule has 0 radical (unpaired) electrons. The van der Waals surface area contributed by atoms with Gasteiger partial charge in [0.25, 0.3) is 0 Å². The highest BCUT2D eigenvalue weighted by molar-refractivity contribution is 5.80. The van der Waals surface area contributed by atoms with Crippen molar-refractivity contribution in [3.05, 3.63) is 11.6 Å². The number of aromatic nitrogens is 2. The summed E-state index contributed by atoms with van der Waals surface area (Å²) < 4.78 is 14.5. The van der Waals surface area contributed by atoms with E-state index >= 15 is 0 Å². The van der Waals surface area contributed by atoms with Gasteiger partial charge in [-0.25, -0.2) is 15.0 Å². The molecule has 4 N–H and O–H groups in total. The Hall–Kier alpha value is -2.49. The number of nitrogens with zero attached hydrogens (tertiary/aromatic N) is 3. The van der Waals surface area contributed by atoms with Gasteiger partial charge in [0, 0.05) is 6.54 Å². The van der Waals surface area contributed by atoms with Gasteiger partial charge < -0.3 is 5.32 Å². The smallest absolute Gasteiger partial charge is 0.243 e. The molecule has 0 unspecified atom stereocenters. The van der Waals surface area contributed by atoms with Gasteiger partial charge in [-0.05, 0) is 25.7 Å². The molecule has 1 heterocycles. The van der Waals surface area contributed by atoms with Crippen molar-refractivity contribution in [2.75, 3.05) is 23.8 Å². The van der Waals surface area contributed by atoms with Crippen LogP contribution in [0.1, 0.15) is 51.3 Å². The van der Waals surface area contributed by atoms with Crippen LogP contribution in [0.15, 0.2) is 0 Å². The molecule has 2 rings (SSSR count). The second kappa shape index (κ2) is 10.7. The molecular weight excluding hydrogens is 367 g/mol. The maximum absolute atomic E-state index is 14.5. The first-order valence-corrected chi connectivity index (χ1v) is 9.69. The fourth-order valence-corrected chi connectivity index (χ4v) is 3.41. The van der Waals surface area contributed by atoms with E-state index in [-0.39, 0.29) is 24.6 Å². The van der Waals surface area contributed by atoms with Gasteiger partial charge in [-0.3, -0.25) is 25.6 Å². The second-order valence-corrected chi connectivity index (χ2v) is 7.13. The third-order valence-electron chi connectivity index (χ3n) is 4.80.